The molecule has 0 aliphatic heterocycles. The van der Waals surface area contributed by atoms with Gasteiger partial charge in [-0.3, -0.25) is 19.1 Å². The van der Waals surface area contributed by atoms with E-state index in [1.54, 1.807) is 12.4 Å². The van der Waals surface area contributed by atoms with Crippen molar-refractivity contribution in [3.05, 3.63) is 413 Å². The third kappa shape index (κ3) is 11.0. The molecule has 0 radical (unpaired) electrons. The number of benzene rings is 17. The molecule has 0 N–H and O–H groups in total. The molecule has 0 aliphatic carbocycles. The summed E-state index contributed by atoms with van der Waals surface area (Å²) in [6, 6.07) is 143. The van der Waals surface area contributed by atoms with Crippen LogP contribution in [0.5, 0.6) is 0 Å². The Labute approximate surface area is 688 Å². The van der Waals surface area contributed by atoms with Gasteiger partial charge in [0, 0.05) is 77.7 Å². The highest BCUT2D eigenvalue weighted by molar-refractivity contribution is 6.28. The highest BCUT2D eigenvalue weighted by atomic mass is 15.2. The standard InChI is InChI=1S/C56H34N6.C54H34N4/c1-2-15-39-37(14-1)38-16-3-4-19-42(38)55-43(39)20-13-25-54(55)61-50-23-7-5-17-40(50)44-32-35(26-28-52(44)61)36-27-29-53-45(33-36)41-18-6-8-24-51(41)62(53)56-59-48(46-21-9-11-30-57-46)34-49(60-56)47-22-10-12-31-58-47;1-2-18-39(19-3-1)57-50-26-10-8-22-44(50)46-32-37(28-30-52(46)57)38-29-31-53-47(33-38)45-23-9-11-27-51(45)58(53)54-55-48(42-24-12-16-35-14-4-6-20-40(35)42)34-49(56-54)43-25-13-17-36-15-5-7-21-41(36)43/h1-34H;1-34H. The second-order valence-electron chi connectivity index (χ2n) is 30.8. The Morgan fingerprint density at radius 2 is 0.483 bits per heavy atom. The number of hydrogen-bond acceptors (Lipinski definition) is 6. The first-order chi connectivity index (χ1) is 59.5. The van der Waals surface area contributed by atoms with Gasteiger partial charge in [0.05, 0.1) is 84.0 Å². The monoisotopic (exact) mass is 1530 g/mol. The van der Waals surface area contributed by atoms with E-state index < -0.39 is 0 Å². The number of pyridine rings is 2. The highest BCUT2D eigenvalue weighted by Gasteiger charge is 2.25. The molecule has 0 unspecified atom stereocenters. The molecule has 0 amide bonds. The van der Waals surface area contributed by atoms with E-state index in [-0.39, 0.29) is 0 Å². The lowest BCUT2D eigenvalue weighted by molar-refractivity contribution is 0.988. The van der Waals surface area contributed by atoms with E-state index in [2.05, 4.69) is 386 Å². The number of para-hydroxylation sites is 5. The molecule has 25 aromatic rings. The zero-order valence-electron chi connectivity index (χ0n) is 64.7. The van der Waals surface area contributed by atoms with Crippen molar-refractivity contribution in [1.29, 1.82) is 0 Å². The molecule has 8 aromatic heterocycles. The predicted molar refractivity (Wildman–Crippen MR) is 497 cm³/mol. The van der Waals surface area contributed by atoms with Crippen LogP contribution in [0.1, 0.15) is 0 Å². The normalized spacial score (nSPS) is 11.8. The van der Waals surface area contributed by atoms with Crippen molar-refractivity contribution in [2.24, 2.45) is 0 Å². The van der Waals surface area contributed by atoms with Crippen LogP contribution in [0.15, 0.2) is 413 Å². The summed E-state index contributed by atoms with van der Waals surface area (Å²) in [5.41, 5.74) is 22.8. The number of fused-ring (bicyclic) bond motifs is 20. The molecule has 8 heterocycles. The van der Waals surface area contributed by atoms with Crippen molar-refractivity contribution in [3.8, 4) is 90.8 Å². The van der Waals surface area contributed by atoms with Gasteiger partial charge in [-0.05, 0) is 198 Å². The summed E-state index contributed by atoms with van der Waals surface area (Å²) < 4.78 is 9.24. The van der Waals surface area contributed by atoms with E-state index in [0.29, 0.717) is 11.9 Å². The van der Waals surface area contributed by atoms with Crippen LogP contribution in [0.3, 0.4) is 0 Å². The summed E-state index contributed by atoms with van der Waals surface area (Å²) in [6.07, 6.45) is 3.59. The summed E-state index contributed by atoms with van der Waals surface area (Å²) in [6.45, 7) is 0. The third-order valence-corrected chi connectivity index (χ3v) is 24.2. The van der Waals surface area contributed by atoms with Crippen molar-refractivity contribution in [2.45, 2.75) is 0 Å². The first-order valence-corrected chi connectivity index (χ1v) is 40.6. The van der Waals surface area contributed by atoms with Crippen molar-refractivity contribution < 1.29 is 0 Å². The molecule has 0 atom stereocenters. The molecule has 25 rings (SSSR count). The lowest BCUT2D eigenvalue weighted by Gasteiger charge is -2.16. The number of nitrogens with zero attached hydrogens (tertiary/aromatic N) is 10. The van der Waals surface area contributed by atoms with Gasteiger partial charge in [0.25, 0.3) is 0 Å². The zero-order chi connectivity index (χ0) is 78.9. The number of hydrogen-bond donors (Lipinski definition) is 0. The molecule has 0 bridgehead atoms. The number of aromatic nitrogens is 10. The maximum atomic E-state index is 5.42. The van der Waals surface area contributed by atoms with E-state index in [0.717, 1.165) is 122 Å². The van der Waals surface area contributed by atoms with Gasteiger partial charge in [-0.1, -0.05) is 273 Å². The SMILES string of the molecule is c1ccc(-c2cc(-c3ccccn3)nc(-n3c4ccccc4c4cc(-c5ccc6c(c5)c5ccccc5n6-c5cccc6c7ccccc7c7ccccc7c56)ccc43)n2)nc1.c1ccc(-n2c3ccccc3c3cc(-c4ccc5c(c4)c4ccccc4n5-c4nc(-c5cccc6ccccc56)cc(-c5cccc6ccccc56)n4)ccc32)cc1. The van der Waals surface area contributed by atoms with E-state index >= 15 is 0 Å². The van der Waals surface area contributed by atoms with Crippen molar-refractivity contribution in [1.82, 2.24) is 48.2 Å². The van der Waals surface area contributed by atoms with Crippen LogP contribution in [0.25, 0.3) is 232 Å². The molecule has 10 heteroatoms. The first-order valence-electron chi connectivity index (χ1n) is 40.6. The lowest BCUT2D eigenvalue weighted by Crippen LogP contribution is -2.04. The predicted octanol–water partition coefficient (Wildman–Crippen LogP) is 27.9. The maximum absolute atomic E-state index is 5.42. The van der Waals surface area contributed by atoms with Crippen LogP contribution in [-0.4, -0.2) is 48.2 Å². The van der Waals surface area contributed by atoms with E-state index in [9.17, 15) is 0 Å². The molecular formula is C110H68N10. The lowest BCUT2D eigenvalue weighted by atomic mass is 9.93. The van der Waals surface area contributed by atoms with Gasteiger partial charge >= 0.3 is 0 Å². The van der Waals surface area contributed by atoms with E-state index in [1.165, 1.54) is 98.0 Å². The van der Waals surface area contributed by atoms with E-state index in [1.807, 2.05) is 42.5 Å². The Balaban J connectivity index is 0.000000137. The van der Waals surface area contributed by atoms with Crippen LogP contribution in [-0.2, 0) is 0 Å². The summed E-state index contributed by atoms with van der Waals surface area (Å²) in [7, 11) is 0. The van der Waals surface area contributed by atoms with Crippen molar-refractivity contribution in [3.63, 3.8) is 0 Å². The second-order valence-corrected chi connectivity index (χ2v) is 30.8. The molecule has 0 saturated heterocycles. The van der Waals surface area contributed by atoms with Crippen LogP contribution < -0.4 is 0 Å². The zero-order valence-corrected chi connectivity index (χ0v) is 64.7. The van der Waals surface area contributed by atoms with Gasteiger partial charge in [-0.25, -0.2) is 19.9 Å². The van der Waals surface area contributed by atoms with Gasteiger partial charge in [0.15, 0.2) is 0 Å². The number of rotatable bonds is 10. The fourth-order valence-electron chi connectivity index (χ4n) is 18.8. The second kappa shape index (κ2) is 27.7. The molecular weight excluding hydrogens is 1460 g/mol. The molecule has 120 heavy (non-hydrogen) atoms. The molecule has 0 fully saturated rings. The molecule has 0 aliphatic rings. The summed E-state index contributed by atoms with van der Waals surface area (Å²) in [4.78, 5) is 30.5. The van der Waals surface area contributed by atoms with E-state index in [4.69, 9.17) is 19.9 Å². The Kier molecular flexibility index (Phi) is 15.7. The smallest absolute Gasteiger partial charge is 0.235 e. The van der Waals surface area contributed by atoms with Gasteiger partial charge < -0.3 is 9.13 Å². The van der Waals surface area contributed by atoms with Crippen molar-refractivity contribution in [2.75, 3.05) is 0 Å². The van der Waals surface area contributed by atoms with Gasteiger partial charge in [0.1, 0.15) is 0 Å². The Bertz CT molecular complexity index is 8280. The minimum Gasteiger partial charge on any atom is -0.309 e. The maximum Gasteiger partial charge on any atom is 0.235 e. The summed E-state index contributed by atoms with van der Waals surface area (Å²) in [5.74, 6) is 1.21. The summed E-state index contributed by atoms with van der Waals surface area (Å²) in [5, 5.41) is 21.8. The first kappa shape index (κ1) is 68.1. The molecule has 558 valence electrons. The molecule has 10 nitrogen and oxygen atoms in total. The quantitative estimate of drug-likeness (QED) is 0.127. The third-order valence-electron chi connectivity index (χ3n) is 24.2. The Morgan fingerprint density at radius 1 is 0.175 bits per heavy atom. The topological polar surface area (TPSA) is 97.1 Å². The van der Waals surface area contributed by atoms with Crippen LogP contribution >= 0.6 is 0 Å². The van der Waals surface area contributed by atoms with Crippen LogP contribution in [0.2, 0.25) is 0 Å². The average molecular weight is 1530 g/mol. The minimum atomic E-state index is 0.566. The molecule has 0 saturated carbocycles. The Hall–Kier alpha value is -16.3. The highest BCUT2D eigenvalue weighted by Crippen LogP contribution is 2.46. The minimum absolute atomic E-state index is 0.566. The summed E-state index contributed by atoms with van der Waals surface area (Å²) >= 11 is 0. The van der Waals surface area contributed by atoms with Crippen molar-refractivity contribution >= 4 is 141 Å². The van der Waals surface area contributed by atoms with Gasteiger partial charge in [-0.15, -0.1) is 0 Å². The molecule has 0 spiro atoms. The van der Waals surface area contributed by atoms with Gasteiger partial charge in [-0.2, -0.15) is 0 Å². The van der Waals surface area contributed by atoms with Gasteiger partial charge in [0.2, 0.25) is 11.9 Å². The largest absolute Gasteiger partial charge is 0.309 e. The molecule has 17 aromatic carbocycles. The average Bonchev–Trinajstić information content (AvgIpc) is 1.43. The van der Waals surface area contributed by atoms with Crippen LogP contribution in [0, 0.1) is 0 Å². The fraction of sp³-hybridized carbons (Fsp3) is 0. The Morgan fingerprint density at radius 3 is 0.925 bits per heavy atom. The fourth-order valence-corrected chi connectivity index (χ4v) is 18.8. The van der Waals surface area contributed by atoms with Crippen LogP contribution in [0.4, 0.5) is 0 Å².